The van der Waals surface area contributed by atoms with Crippen LogP contribution in [0.4, 0.5) is 13.2 Å². The Morgan fingerprint density at radius 2 is 1.54 bits per heavy atom. The number of hydrogen-bond donors (Lipinski definition) is 0. The predicted octanol–water partition coefficient (Wildman–Crippen LogP) is 5.60. The lowest BCUT2D eigenvalue weighted by Crippen LogP contribution is -2.22. The van der Waals surface area contributed by atoms with Gasteiger partial charge in [-0.3, -0.25) is 9.36 Å². The zero-order valence-corrected chi connectivity index (χ0v) is 19.1. The summed E-state index contributed by atoms with van der Waals surface area (Å²) >= 11 is 0. The van der Waals surface area contributed by atoms with E-state index in [4.69, 9.17) is 14.2 Å². The zero-order valence-electron chi connectivity index (χ0n) is 19.1. The van der Waals surface area contributed by atoms with Crippen LogP contribution in [0, 0.1) is 0 Å². The van der Waals surface area contributed by atoms with E-state index in [1.165, 1.54) is 50.2 Å². The average molecular weight is 482 g/mol. The number of alkyl halides is 3. The second-order valence-corrected chi connectivity index (χ2v) is 7.49. The van der Waals surface area contributed by atoms with E-state index in [1.54, 1.807) is 36.4 Å². The number of fused-ring (bicyclic) bond motifs is 1. The number of methoxy groups -OCH3 is 3. The Kier molecular flexibility index (Phi) is 6.50. The fraction of sp³-hybridized carbons (Fsp3) is 0.154. The molecule has 4 rings (SSSR count). The Morgan fingerprint density at radius 3 is 2.17 bits per heavy atom. The Morgan fingerprint density at radius 1 is 0.857 bits per heavy atom. The van der Waals surface area contributed by atoms with Gasteiger partial charge in [-0.25, -0.2) is 4.98 Å². The molecule has 0 bridgehead atoms. The van der Waals surface area contributed by atoms with Gasteiger partial charge >= 0.3 is 6.18 Å². The van der Waals surface area contributed by atoms with Crippen LogP contribution in [0.3, 0.4) is 0 Å². The number of nitrogens with zero attached hydrogens (tertiary/aromatic N) is 2. The van der Waals surface area contributed by atoms with E-state index in [9.17, 15) is 18.0 Å². The van der Waals surface area contributed by atoms with Crippen LogP contribution in [0.2, 0.25) is 0 Å². The third-order valence-corrected chi connectivity index (χ3v) is 5.37. The van der Waals surface area contributed by atoms with Crippen molar-refractivity contribution in [3.8, 4) is 22.9 Å². The molecule has 0 aliphatic carbocycles. The number of benzene rings is 3. The quantitative estimate of drug-likeness (QED) is 0.358. The van der Waals surface area contributed by atoms with Crippen LogP contribution in [-0.4, -0.2) is 30.9 Å². The molecule has 0 saturated heterocycles. The van der Waals surface area contributed by atoms with E-state index in [-0.39, 0.29) is 16.8 Å². The molecular formula is C26H21F3N2O4. The molecular weight excluding hydrogens is 461 g/mol. The van der Waals surface area contributed by atoms with Crippen molar-refractivity contribution in [3.05, 3.63) is 88.0 Å². The summed E-state index contributed by atoms with van der Waals surface area (Å²) in [5.74, 6) is 1.58. The second kappa shape index (κ2) is 9.54. The fourth-order valence-electron chi connectivity index (χ4n) is 3.61. The monoisotopic (exact) mass is 482 g/mol. The van der Waals surface area contributed by atoms with Gasteiger partial charge in [0.05, 0.1) is 43.5 Å². The molecule has 0 aliphatic rings. The number of hydrogen-bond acceptors (Lipinski definition) is 5. The van der Waals surface area contributed by atoms with Gasteiger partial charge in [-0.1, -0.05) is 18.2 Å². The van der Waals surface area contributed by atoms with Crippen LogP contribution < -0.4 is 19.8 Å². The highest BCUT2D eigenvalue weighted by atomic mass is 19.4. The lowest BCUT2D eigenvalue weighted by Gasteiger charge is -2.14. The van der Waals surface area contributed by atoms with Gasteiger partial charge in [0.2, 0.25) is 0 Å². The zero-order chi connectivity index (χ0) is 25.2. The van der Waals surface area contributed by atoms with E-state index in [1.807, 2.05) is 0 Å². The summed E-state index contributed by atoms with van der Waals surface area (Å²) in [6, 6.07) is 14.8. The predicted molar refractivity (Wildman–Crippen MR) is 127 cm³/mol. The molecule has 0 N–H and O–H groups in total. The number of ether oxygens (including phenoxy) is 3. The standard InChI is InChI=1S/C26H21F3N2O4/c1-33-19-10-8-18(9-11-19)31-24(12-7-16-5-4-6-17(13-16)26(27,28)29)30-21-15-23(35-3)22(34-2)14-20(21)25(31)32/h4-15H,1-3H3/b12-7-. The van der Waals surface area contributed by atoms with Gasteiger partial charge in [0, 0.05) is 6.07 Å². The van der Waals surface area contributed by atoms with Crippen molar-refractivity contribution in [1.82, 2.24) is 9.55 Å². The van der Waals surface area contributed by atoms with Crippen molar-refractivity contribution in [3.63, 3.8) is 0 Å². The van der Waals surface area contributed by atoms with Crippen LogP contribution in [-0.2, 0) is 6.18 Å². The van der Waals surface area contributed by atoms with Crippen molar-refractivity contribution in [2.24, 2.45) is 0 Å². The Labute approximate surface area is 198 Å². The highest BCUT2D eigenvalue weighted by molar-refractivity contribution is 5.84. The molecule has 1 aromatic heterocycles. The summed E-state index contributed by atoms with van der Waals surface area (Å²) in [5, 5.41) is 0.287. The molecule has 1 heterocycles. The smallest absolute Gasteiger partial charge is 0.416 e. The molecule has 0 atom stereocenters. The van der Waals surface area contributed by atoms with Crippen LogP contribution >= 0.6 is 0 Å². The first-order valence-electron chi connectivity index (χ1n) is 10.4. The molecule has 0 aliphatic heterocycles. The maximum Gasteiger partial charge on any atom is 0.416 e. The van der Waals surface area contributed by atoms with Crippen molar-refractivity contribution < 1.29 is 27.4 Å². The van der Waals surface area contributed by atoms with Crippen molar-refractivity contribution in [2.45, 2.75) is 6.18 Å². The lowest BCUT2D eigenvalue weighted by molar-refractivity contribution is -0.137. The second-order valence-electron chi connectivity index (χ2n) is 7.49. The van der Waals surface area contributed by atoms with Crippen LogP contribution in [0.1, 0.15) is 17.0 Å². The molecule has 0 fully saturated rings. The molecule has 180 valence electrons. The first-order valence-corrected chi connectivity index (χ1v) is 10.4. The summed E-state index contributed by atoms with van der Waals surface area (Å²) in [6.07, 6.45) is -1.49. The third kappa shape index (κ3) is 4.84. The molecule has 0 radical (unpaired) electrons. The summed E-state index contributed by atoms with van der Waals surface area (Å²) in [7, 11) is 4.46. The first kappa shape index (κ1) is 23.9. The topological polar surface area (TPSA) is 62.6 Å². The average Bonchev–Trinajstić information content (AvgIpc) is 2.86. The minimum atomic E-state index is -4.47. The Hall–Kier alpha value is -4.27. The largest absolute Gasteiger partial charge is 0.497 e. The SMILES string of the molecule is COc1ccc(-n2c(/C=C\c3cccc(C(F)(F)F)c3)nc3cc(OC)c(OC)cc3c2=O)cc1. The maximum atomic E-state index is 13.6. The van der Waals surface area contributed by atoms with Gasteiger partial charge in [0.15, 0.2) is 11.5 Å². The summed E-state index contributed by atoms with van der Waals surface area (Å²) < 4.78 is 56.6. The Bertz CT molecular complexity index is 1460. The van der Waals surface area contributed by atoms with Gasteiger partial charge in [-0.15, -0.1) is 0 Å². The van der Waals surface area contributed by atoms with Crippen molar-refractivity contribution in [2.75, 3.05) is 21.3 Å². The van der Waals surface area contributed by atoms with Crippen molar-refractivity contribution >= 4 is 23.1 Å². The minimum Gasteiger partial charge on any atom is -0.497 e. The van der Waals surface area contributed by atoms with Gasteiger partial charge in [-0.2, -0.15) is 13.2 Å². The highest BCUT2D eigenvalue weighted by Gasteiger charge is 2.30. The van der Waals surface area contributed by atoms with Gasteiger partial charge in [0.25, 0.3) is 5.56 Å². The molecule has 4 aromatic rings. The first-order chi connectivity index (χ1) is 16.7. The molecule has 0 amide bonds. The molecule has 35 heavy (non-hydrogen) atoms. The van der Waals surface area contributed by atoms with E-state index in [2.05, 4.69) is 4.98 Å². The van der Waals surface area contributed by atoms with E-state index in [0.717, 1.165) is 12.1 Å². The van der Waals surface area contributed by atoms with Crippen LogP contribution in [0.15, 0.2) is 65.5 Å². The van der Waals surface area contributed by atoms with Crippen LogP contribution in [0.5, 0.6) is 17.2 Å². The normalized spacial score (nSPS) is 11.7. The summed E-state index contributed by atoms with van der Waals surface area (Å²) in [6.45, 7) is 0. The van der Waals surface area contributed by atoms with E-state index < -0.39 is 11.7 Å². The lowest BCUT2D eigenvalue weighted by atomic mass is 10.1. The summed E-state index contributed by atoms with van der Waals surface area (Å²) in [4.78, 5) is 18.2. The molecule has 3 aromatic carbocycles. The van der Waals surface area contributed by atoms with Gasteiger partial charge in [-0.05, 0) is 54.1 Å². The molecule has 0 unspecified atom stereocenters. The molecule has 9 heteroatoms. The maximum absolute atomic E-state index is 13.6. The molecule has 6 nitrogen and oxygen atoms in total. The molecule has 0 spiro atoms. The minimum absolute atomic E-state index is 0.220. The van der Waals surface area contributed by atoms with Crippen LogP contribution in [0.25, 0.3) is 28.7 Å². The van der Waals surface area contributed by atoms with Gasteiger partial charge in [0.1, 0.15) is 11.6 Å². The summed E-state index contributed by atoms with van der Waals surface area (Å²) in [5.41, 5.74) is 0.00727. The fourth-order valence-corrected chi connectivity index (χ4v) is 3.61. The number of rotatable bonds is 6. The third-order valence-electron chi connectivity index (χ3n) is 5.37. The van der Waals surface area contributed by atoms with Crippen molar-refractivity contribution in [1.29, 1.82) is 0 Å². The van der Waals surface area contributed by atoms with E-state index >= 15 is 0 Å². The number of halogens is 3. The van der Waals surface area contributed by atoms with E-state index in [0.29, 0.717) is 34.0 Å². The Balaban J connectivity index is 1.93. The van der Waals surface area contributed by atoms with Gasteiger partial charge < -0.3 is 14.2 Å². The number of aromatic nitrogens is 2. The molecule has 0 saturated carbocycles. The highest BCUT2D eigenvalue weighted by Crippen LogP contribution is 2.32.